The summed E-state index contributed by atoms with van der Waals surface area (Å²) in [7, 11) is 0. The largest absolute Gasteiger partial charge is 0.339 e. The summed E-state index contributed by atoms with van der Waals surface area (Å²) in [5.41, 5.74) is 6.92. The van der Waals surface area contributed by atoms with Crippen LogP contribution in [0.2, 0.25) is 0 Å². The number of benzene rings is 1. The number of aromatic nitrogens is 2. The molecule has 1 aromatic heterocycles. The topological polar surface area (TPSA) is 64.9 Å². The van der Waals surface area contributed by atoms with Crippen molar-refractivity contribution in [2.45, 2.75) is 32.2 Å². The van der Waals surface area contributed by atoms with Crippen molar-refractivity contribution in [2.24, 2.45) is 5.73 Å². The minimum atomic E-state index is -0.363. The fourth-order valence-electron chi connectivity index (χ4n) is 1.49. The minimum absolute atomic E-state index is 0.162. The lowest BCUT2D eigenvalue weighted by Gasteiger charge is -2.11. The maximum absolute atomic E-state index is 6.12. The zero-order valence-electron chi connectivity index (χ0n) is 10.6. The molecular weight excluding hydrogens is 294 g/mol. The van der Waals surface area contributed by atoms with Gasteiger partial charge in [0.1, 0.15) is 0 Å². The molecule has 0 amide bonds. The van der Waals surface area contributed by atoms with Crippen LogP contribution >= 0.6 is 15.9 Å². The first-order chi connectivity index (χ1) is 8.38. The van der Waals surface area contributed by atoms with E-state index in [1.54, 1.807) is 0 Å². The van der Waals surface area contributed by atoms with Crippen molar-refractivity contribution in [3.8, 4) is 0 Å². The molecule has 4 nitrogen and oxygen atoms in total. The quantitative estimate of drug-likeness (QED) is 0.925. The Hall–Kier alpha value is -1.20. The average molecular weight is 310 g/mol. The number of nitrogens with two attached hydrogens (primary N) is 1. The van der Waals surface area contributed by atoms with Crippen molar-refractivity contribution in [3.05, 3.63) is 46.0 Å². The highest BCUT2D eigenvalue weighted by molar-refractivity contribution is 9.10. The molecule has 2 N–H and O–H groups in total. The van der Waals surface area contributed by atoms with Crippen molar-refractivity contribution < 1.29 is 4.52 Å². The number of nitrogens with zero attached hydrogens (tertiary/aromatic N) is 2. The molecule has 0 spiro atoms. The van der Waals surface area contributed by atoms with Gasteiger partial charge in [0.15, 0.2) is 5.82 Å². The van der Waals surface area contributed by atoms with Gasteiger partial charge in [0.25, 0.3) is 0 Å². The summed E-state index contributed by atoms with van der Waals surface area (Å²) in [4.78, 5) is 4.37. The molecule has 5 heteroatoms. The monoisotopic (exact) mass is 309 g/mol. The molecule has 2 aromatic rings. The number of halogens is 1. The molecule has 96 valence electrons. The van der Waals surface area contributed by atoms with Crippen molar-refractivity contribution in [3.63, 3.8) is 0 Å². The van der Waals surface area contributed by atoms with Crippen LogP contribution in [0, 0.1) is 0 Å². The number of hydrogen-bond acceptors (Lipinski definition) is 4. The molecule has 0 aliphatic rings. The van der Waals surface area contributed by atoms with Crippen LogP contribution in [0.25, 0.3) is 0 Å². The van der Waals surface area contributed by atoms with Crippen LogP contribution in [0.5, 0.6) is 0 Å². The predicted octanol–water partition coefficient (Wildman–Crippen LogP) is 3.18. The molecule has 1 heterocycles. The fourth-order valence-corrected chi connectivity index (χ4v) is 1.75. The van der Waals surface area contributed by atoms with Gasteiger partial charge in [-0.05, 0) is 17.7 Å². The smallest absolute Gasteiger partial charge is 0.232 e. The van der Waals surface area contributed by atoms with E-state index in [0.717, 1.165) is 10.0 Å². The van der Waals surface area contributed by atoms with E-state index in [0.29, 0.717) is 11.7 Å². The maximum atomic E-state index is 6.12. The van der Waals surface area contributed by atoms with Gasteiger partial charge in [-0.2, -0.15) is 4.98 Å². The van der Waals surface area contributed by atoms with Crippen LogP contribution in [0.4, 0.5) is 0 Å². The third-order valence-electron chi connectivity index (χ3n) is 2.59. The zero-order valence-corrected chi connectivity index (χ0v) is 12.2. The first-order valence-corrected chi connectivity index (χ1v) is 6.52. The van der Waals surface area contributed by atoms with Crippen LogP contribution in [0.15, 0.2) is 33.3 Å². The first-order valence-electron chi connectivity index (χ1n) is 5.73. The summed E-state index contributed by atoms with van der Waals surface area (Å²) >= 11 is 3.39. The predicted molar refractivity (Wildman–Crippen MR) is 73.2 cm³/mol. The molecule has 0 saturated carbocycles. The Balaban J connectivity index is 2.26. The van der Waals surface area contributed by atoms with E-state index in [4.69, 9.17) is 10.3 Å². The number of rotatable bonds is 2. The molecule has 1 atom stereocenters. The van der Waals surface area contributed by atoms with Gasteiger partial charge in [-0.15, -0.1) is 0 Å². The third-order valence-corrected chi connectivity index (χ3v) is 3.12. The molecule has 2 rings (SSSR count). The molecule has 0 bridgehead atoms. The summed E-state index contributed by atoms with van der Waals surface area (Å²) in [6.07, 6.45) is 0. The first kappa shape index (κ1) is 13.2. The van der Waals surface area contributed by atoms with Crippen molar-refractivity contribution in [2.75, 3.05) is 0 Å². The highest BCUT2D eigenvalue weighted by atomic mass is 79.9. The van der Waals surface area contributed by atoms with E-state index in [2.05, 4.69) is 26.1 Å². The molecule has 18 heavy (non-hydrogen) atoms. The van der Waals surface area contributed by atoms with Crippen LogP contribution in [0.1, 0.15) is 44.1 Å². The Morgan fingerprint density at radius 3 is 2.33 bits per heavy atom. The van der Waals surface area contributed by atoms with Gasteiger partial charge in [0.05, 0.1) is 6.04 Å². The summed E-state index contributed by atoms with van der Waals surface area (Å²) in [5, 5.41) is 3.96. The van der Waals surface area contributed by atoms with Crippen molar-refractivity contribution in [1.82, 2.24) is 10.1 Å². The maximum Gasteiger partial charge on any atom is 0.232 e. The van der Waals surface area contributed by atoms with Crippen LogP contribution in [0.3, 0.4) is 0 Å². The SMILES string of the molecule is CC(C)(C)c1nc(C(N)c2ccc(Br)cc2)no1. The van der Waals surface area contributed by atoms with Crippen molar-refractivity contribution in [1.29, 1.82) is 0 Å². The van der Waals surface area contributed by atoms with Gasteiger partial charge in [-0.1, -0.05) is 54.0 Å². The Morgan fingerprint density at radius 1 is 1.22 bits per heavy atom. The van der Waals surface area contributed by atoms with E-state index in [1.165, 1.54) is 0 Å². The molecule has 1 aromatic carbocycles. The van der Waals surface area contributed by atoms with E-state index in [1.807, 2.05) is 45.0 Å². The van der Waals surface area contributed by atoms with Gasteiger partial charge in [-0.3, -0.25) is 0 Å². The third kappa shape index (κ3) is 2.79. The van der Waals surface area contributed by atoms with Gasteiger partial charge < -0.3 is 10.3 Å². The fraction of sp³-hybridized carbons (Fsp3) is 0.385. The molecule has 0 radical (unpaired) electrons. The second-order valence-corrected chi connectivity index (χ2v) is 6.15. The highest BCUT2D eigenvalue weighted by Gasteiger charge is 2.24. The molecular formula is C13H16BrN3O. The summed E-state index contributed by atoms with van der Waals surface area (Å²) in [6, 6.07) is 7.42. The van der Waals surface area contributed by atoms with Gasteiger partial charge in [0.2, 0.25) is 5.89 Å². The van der Waals surface area contributed by atoms with Crippen LogP contribution < -0.4 is 5.73 Å². The van der Waals surface area contributed by atoms with Gasteiger partial charge in [-0.25, -0.2) is 0 Å². The lowest BCUT2D eigenvalue weighted by molar-refractivity contribution is 0.317. The lowest BCUT2D eigenvalue weighted by Crippen LogP contribution is -2.15. The van der Waals surface area contributed by atoms with Crippen LogP contribution in [-0.4, -0.2) is 10.1 Å². The normalized spacial score (nSPS) is 13.6. The molecule has 0 aliphatic heterocycles. The van der Waals surface area contributed by atoms with Crippen LogP contribution in [-0.2, 0) is 5.41 Å². The summed E-state index contributed by atoms with van der Waals surface area (Å²) in [6.45, 7) is 6.07. The molecule has 0 saturated heterocycles. The van der Waals surface area contributed by atoms with Crippen molar-refractivity contribution >= 4 is 15.9 Å². The Labute approximate surface area is 115 Å². The lowest BCUT2D eigenvalue weighted by atomic mass is 9.97. The summed E-state index contributed by atoms with van der Waals surface area (Å²) < 4.78 is 6.26. The van der Waals surface area contributed by atoms with E-state index < -0.39 is 0 Å². The van der Waals surface area contributed by atoms with E-state index >= 15 is 0 Å². The number of hydrogen-bond donors (Lipinski definition) is 1. The minimum Gasteiger partial charge on any atom is -0.339 e. The standard InChI is InChI=1S/C13H16BrN3O/c1-13(2,3)12-16-11(17-18-12)10(15)8-4-6-9(14)7-5-8/h4-7,10H,15H2,1-3H3. The zero-order chi connectivity index (χ0) is 13.3. The van der Waals surface area contributed by atoms with Gasteiger partial charge >= 0.3 is 0 Å². The Kier molecular flexibility index (Phi) is 3.54. The second-order valence-electron chi connectivity index (χ2n) is 5.24. The molecule has 0 fully saturated rings. The summed E-state index contributed by atoms with van der Waals surface area (Å²) in [5.74, 6) is 1.12. The van der Waals surface area contributed by atoms with Gasteiger partial charge in [0, 0.05) is 9.89 Å². The average Bonchev–Trinajstić information content (AvgIpc) is 2.78. The second kappa shape index (κ2) is 4.82. The Bertz CT molecular complexity index is 528. The van der Waals surface area contributed by atoms with E-state index in [9.17, 15) is 0 Å². The Morgan fingerprint density at radius 2 is 1.83 bits per heavy atom. The molecule has 0 aliphatic carbocycles. The highest BCUT2D eigenvalue weighted by Crippen LogP contribution is 2.24. The van der Waals surface area contributed by atoms with E-state index in [-0.39, 0.29) is 11.5 Å². The molecule has 1 unspecified atom stereocenters.